The molecule has 6 heteroatoms. The Balaban J connectivity index is 0.000000989. The molecule has 0 aliphatic carbocycles. The average Bonchev–Trinajstić information content (AvgIpc) is 3.25. The molecular weight excluding hydrogens is 366 g/mol. The van der Waals surface area contributed by atoms with Gasteiger partial charge in [0.2, 0.25) is 0 Å². The van der Waals surface area contributed by atoms with Crippen LogP contribution in [-0.2, 0) is 6.61 Å². The van der Waals surface area contributed by atoms with Crippen LogP contribution >= 0.6 is 0 Å². The van der Waals surface area contributed by atoms with Crippen molar-refractivity contribution in [3.8, 4) is 22.9 Å². The highest BCUT2D eigenvalue weighted by Gasteiger charge is 2.15. The number of rotatable bonds is 6. The number of pyridine rings is 1. The minimum atomic E-state index is -0.100. The summed E-state index contributed by atoms with van der Waals surface area (Å²) in [5.74, 6) is 0.235. The summed E-state index contributed by atoms with van der Waals surface area (Å²) in [5, 5.41) is 14.1. The van der Waals surface area contributed by atoms with Crippen molar-refractivity contribution in [1.82, 2.24) is 14.8 Å². The monoisotopic (exact) mass is 397 g/mol. The van der Waals surface area contributed by atoms with Crippen molar-refractivity contribution in [2.45, 2.75) is 54.2 Å². The number of benzene rings is 1. The van der Waals surface area contributed by atoms with Gasteiger partial charge in [0.05, 0.1) is 17.0 Å². The van der Waals surface area contributed by atoms with Crippen molar-refractivity contribution in [2.75, 3.05) is 0 Å². The Labute approximate surface area is 173 Å². The smallest absolute Gasteiger partial charge is 0.157 e. The number of carbonyl (C=O) groups is 1. The van der Waals surface area contributed by atoms with Gasteiger partial charge in [-0.2, -0.15) is 5.10 Å². The Kier molecular flexibility index (Phi) is 10.2. The Morgan fingerprint density at radius 1 is 1.07 bits per heavy atom. The summed E-state index contributed by atoms with van der Waals surface area (Å²) in [4.78, 5) is 15.6. The molecule has 0 amide bonds. The molecule has 6 nitrogen and oxygen atoms in total. The molecule has 0 spiro atoms. The van der Waals surface area contributed by atoms with E-state index in [4.69, 9.17) is 4.74 Å². The van der Waals surface area contributed by atoms with E-state index in [1.807, 2.05) is 50.6 Å². The summed E-state index contributed by atoms with van der Waals surface area (Å²) in [6, 6.07) is 10.6. The molecule has 2 heterocycles. The molecule has 1 aromatic carbocycles. The lowest BCUT2D eigenvalue weighted by molar-refractivity contribution is 0.111. The van der Waals surface area contributed by atoms with Crippen LogP contribution in [0.15, 0.2) is 48.8 Å². The number of hydrogen-bond donors (Lipinski definition) is 1. The Hall–Kier alpha value is -3.15. The van der Waals surface area contributed by atoms with Gasteiger partial charge in [-0.05, 0) is 38.1 Å². The van der Waals surface area contributed by atoms with Crippen LogP contribution in [0.1, 0.15) is 63.5 Å². The minimum Gasteiger partial charge on any atom is -0.507 e. The van der Waals surface area contributed by atoms with E-state index >= 15 is 0 Å². The predicted molar refractivity (Wildman–Crippen MR) is 116 cm³/mol. The number of ether oxygens (including phenoxy) is 1. The molecule has 0 aliphatic rings. The van der Waals surface area contributed by atoms with Gasteiger partial charge >= 0.3 is 0 Å². The van der Waals surface area contributed by atoms with E-state index in [1.165, 1.54) is 6.07 Å². The standard InChI is InChI=1S/C19H19N3O3.2C2H6/c1-13(2)22-16(8-10-21-22)19-14(5-4-9-20-19)12-25-18-7-3-6-17(24)15(18)11-23;2*1-2/h3-11,13,24H,12H2,1-2H3;2*1-2H3. The quantitative estimate of drug-likeness (QED) is 0.542. The number of phenolic OH excluding ortho intramolecular Hbond substituents is 1. The maximum atomic E-state index is 11.2. The lowest BCUT2D eigenvalue weighted by atomic mass is 10.1. The second-order valence-electron chi connectivity index (χ2n) is 5.86. The topological polar surface area (TPSA) is 77.2 Å². The number of aldehydes is 1. The Bertz CT molecular complexity index is 889. The van der Waals surface area contributed by atoms with Gasteiger partial charge in [0, 0.05) is 24.0 Å². The molecule has 0 radical (unpaired) electrons. The van der Waals surface area contributed by atoms with Crippen molar-refractivity contribution < 1.29 is 14.6 Å². The highest BCUT2D eigenvalue weighted by Crippen LogP contribution is 2.28. The third-order valence-corrected chi connectivity index (χ3v) is 3.84. The van der Waals surface area contributed by atoms with Crippen LogP contribution in [0.4, 0.5) is 0 Å². The van der Waals surface area contributed by atoms with Crippen molar-refractivity contribution in [3.05, 3.63) is 59.9 Å². The van der Waals surface area contributed by atoms with Crippen LogP contribution in [0.2, 0.25) is 0 Å². The third kappa shape index (κ3) is 5.91. The van der Waals surface area contributed by atoms with Gasteiger partial charge in [-0.15, -0.1) is 0 Å². The zero-order chi connectivity index (χ0) is 21.8. The number of nitrogens with zero attached hydrogens (tertiary/aromatic N) is 3. The lowest BCUT2D eigenvalue weighted by Crippen LogP contribution is -2.08. The van der Waals surface area contributed by atoms with Crippen molar-refractivity contribution in [1.29, 1.82) is 0 Å². The summed E-state index contributed by atoms with van der Waals surface area (Å²) < 4.78 is 7.67. The van der Waals surface area contributed by atoms with Gasteiger partial charge in [0.25, 0.3) is 0 Å². The van der Waals surface area contributed by atoms with Crippen LogP contribution in [0.25, 0.3) is 11.4 Å². The molecule has 3 aromatic rings. The molecule has 0 aliphatic heterocycles. The molecule has 0 saturated heterocycles. The number of hydrogen-bond acceptors (Lipinski definition) is 5. The average molecular weight is 398 g/mol. The van der Waals surface area contributed by atoms with Crippen molar-refractivity contribution >= 4 is 6.29 Å². The largest absolute Gasteiger partial charge is 0.507 e. The molecule has 29 heavy (non-hydrogen) atoms. The molecule has 0 saturated carbocycles. The summed E-state index contributed by atoms with van der Waals surface area (Å²) in [5.41, 5.74) is 2.69. The fourth-order valence-corrected chi connectivity index (χ4v) is 2.63. The number of aromatic nitrogens is 3. The van der Waals surface area contributed by atoms with Crippen molar-refractivity contribution in [3.63, 3.8) is 0 Å². The second-order valence-corrected chi connectivity index (χ2v) is 5.86. The van der Waals surface area contributed by atoms with Gasteiger partial charge < -0.3 is 9.84 Å². The fourth-order valence-electron chi connectivity index (χ4n) is 2.63. The molecular formula is C23H31N3O3. The number of carbonyl (C=O) groups excluding carboxylic acids is 1. The van der Waals surface area contributed by atoms with Gasteiger partial charge in [0.1, 0.15) is 18.1 Å². The summed E-state index contributed by atoms with van der Waals surface area (Å²) in [7, 11) is 0. The highest BCUT2D eigenvalue weighted by molar-refractivity contribution is 5.83. The van der Waals surface area contributed by atoms with E-state index in [0.29, 0.717) is 12.0 Å². The number of phenols is 1. The molecule has 0 fully saturated rings. The summed E-state index contributed by atoms with van der Waals surface area (Å²) >= 11 is 0. The van der Waals surface area contributed by atoms with Crippen molar-refractivity contribution in [2.24, 2.45) is 0 Å². The van der Waals surface area contributed by atoms with E-state index in [-0.39, 0.29) is 24.0 Å². The first kappa shape index (κ1) is 23.9. The van der Waals surface area contributed by atoms with E-state index < -0.39 is 0 Å². The SMILES string of the molecule is CC.CC.CC(C)n1nccc1-c1ncccc1COc1cccc(O)c1C=O. The molecule has 0 bridgehead atoms. The van der Waals surface area contributed by atoms with Gasteiger partial charge in [-0.25, -0.2) is 0 Å². The van der Waals surface area contributed by atoms with Crippen LogP contribution in [0.5, 0.6) is 11.5 Å². The summed E-state index contributed by atoms with van der Waals surface area (Å²) in [6.45, 7) is 12.3. The molecule has 0 unspecified atom stereocenters. The first-order valence-corrected chi connectivity index (χ1v) is 9.99. The Morgan fingerprint density at radius 2 is 1.79 bits per heavy atom. The normalized spacial score (nSPS) is 9.76. The first-order valence-electron chi connectivity index (χ1n) is 9.99. The van der Waals surface area contributed by atoms with Crippen LogP contribution < -0.4 is 4.74 Å². The molecule has 2 aromatic heterocycles. The zero-order valence-corrected chi connectivity index (χ0v) is 18.1. The van der Waals surface area contributed by atoms with E-state index in [1.54, 1.807) is 24.5 Å². The minimum absolute atomic E-state index is 0.100. The third-order valence-electron chi connectivity index (χ3n) is 3.84. The van der Waals surface area contributed by atoms with Gasteiger partial charge in [-0.3, -0.25) is 14.5 Å². The Morgan fingerprint density at radius 3 is 2.45 bits per heavy atom. The van der Waals surface area contributed by atoms with Crippen LogP contribution in [-0.4, -0.2) is 26.2 Å². The fraction of sp³-hybridized carbons (Fsp3) is 0.348. The van der Waals surface area contributed by atoms with Crippen LogP contribution in [0, 0.1) is 0 Å². The molecule has 156 valence electrons. The van der Waals surface area contributed by atoms with E-state index in [9.17, 15) is 9.90 Å². The predicted octanol–water partition coefficient (Wildman–Crippen LogP) is 5.68. The van der Waals surface area contributed by atoms with E-state index in [2.05, 4.69) is 23.9 Å². The molecule has 1 N–H and O–H groups in total. The van der Waals surface area contributed by atoms with Gasteiger partial charge in [-0.1, -0.05) is 39.8 Å². The molecule has 3 rings (SSSR count). The maximum Gasteiger partial charge on any atom is 0.157 e. The zero-order valence-electron chi connectivity index (χ0n) is 18.1. The first-order chi connectivity index (χ1) is 14.1. The van der Waals surface area contributed by atoms with Crippen LogP contribution in [0.3, 0.4) is 0 Å². The van der Waals surface area contributed by atoms with Gasteiger partial charge in [0.15, 0.2) is 6.29 Å². The second kappa shape index (κ2) is 12.3. The molecule has 0 atom stereocenters. The maximum absolute atomic E-state index is 11.2. The highest BCUT2D eigenvalue weighted by atomic mass is 16.5. The lowest BCUT2D eigenvalue weighted by Gasteiger charge is -2.14. The summed E-state index contributed by atoms with van der Waals surface area (Å²) in [6.07, 6.45) is 4.05. The van der Waals surface area contributed by atoms with E-state index in [0.717, 1.165) is 17.0 Å². The number of aromatic hydroxyl groups is 1.